The van der Waals surface area contributed by atoms with E-state index in [4.69, 9.17) is 0 Å². The van der Waals surface area contributed by atoms with Crippen LogP contribution in [0.3, 0.4) is 0 Å². The average Bonchev–Trinajstić information content (AvgIpc) is 2.71. The van der Waals surface area contributed by atoms with Crippen molar-refractivity contribution in [1.29, 1.82) is 0 Å². The van der Waals surface area contributed by atoms with E-state index in [1.165, 1.54) is 0 Å². The first kappa shape index (κ1) is 13.3. The minimum Gasteiger partial charge on any atom is -0.481 e. The third-order valence-corrected chi connectivity index (χ3v) is 3.07. The van der Waals surface area contributed by atoms with Gasteiger partial charge in [-0.15, -0.1) is 0 Å². The maximum absolute atomic E-state index is 11.3. The Bertz CT molecular complexity index is 576. The Kier molecular flexibility index (Phi) is 3.64. The van der Waals surface area contributed by atoms with Crippen molar-refractivity contribution < 1.29 is 9.90 Å². The molecule has 2 rings (SSSR count). The van der Waals surface area contributed by atoms with Crippen LogP contribution in [0.15, 0.2) is 24.5 Å². The number of aliphatic carboxylic acids is 1. The molecular formula is C14H17N3O2. The molecule has 0 saturated heterocycles. The van der Waals surface area contributed by atoms with E-state index in [-0.39, 0.29) is 5.92 Å². The highest BCUT2D eigenvalue weighted by Crippen LogP contribution is 2.27. The Morgan fingerprint density at radius 1 is 1.42 bits per heavy atom. The normalized spacial score (nSPS) is 12.6. The topological polar surface area (TPSA) is 78.9 Å². The molecule has 0 saturated carbocycles. The number of carboxylic acid groups (broad SMARTS) is 1. The van der Waals surface area contributed by atoms with Crippen LogP contribution in [0.2, 0.25) is 0 Å². The summed E-state index contributed by atoms with van der Waals surface area (Å²) in [6.07, 6.45) is 3.42. The molecule has 0 fully saturated rings. The maximum Gasteiger partial charge on any atom is 0.314 e. The fourth-order valence-corrected chi connectivity index (χ4v) is 2.13. The predicted molar refractivity (Wildman–Crippen MR) is 71.8 cm³/mol. The summed E-state index contributed by atoms with van der Waals surface area (Å²) in [6.45, 7) is 5.64. The molecule has 0 radical (unpaired) electrons. The molecule has 1 unspecified atom stereocenters. The van der Waals surface area contributed by atoms with Gasteiger partial charge in [-0.05, 0) is 25.0 Å². The second kappa shape index (κ2) is 5.22. The number of aromatic amines is 1. The van der Waals surface area contributed by atoms with Gasteiger partial charge in [0.05, 0.1) is 5.69 Å². The van der Waals surface area contributed by atoms with Gasteiger partial charge in [0.2, 0.25) is 0 Å². The third-order valence-electron chi connectivity index (χ3n) is 3.07. The monoisotopic (exact) mass is 259 g/mol. The van der Waals surface area contributed by atoms with Crippen LogP contribution in [0.5, 0.6) is 0 Å². The number of hydrogen-bond donors (Lipinski definition) is 2. The highest BCUT2D eigenvalue weighted by atomic mass is 16.4. The van der Waals surface area contributed by atoms with Crippen LogP contribution < -0.4 is 0 Å². The first-order valence-corrected chi connectivity index (χ1v) is 6.20. The lowest BCUT2D eigenvalue weighted by atomic mass is 9.95. The lowest BCUT2D eigenvalue weighted by Crippen LogP contribution is -2.18. The Balaban J connectivity index is 2.44. The number of pyridine rings is 1. The van der Waals surface area contributed by atoms with Crippen molar-refractivity contribution in [2.75, 3.05) is 0 Å². The average molecular weight is 259 g/mol. The number of hydrogen-bond acceptors (Lipinski definition) is 3. The highest BCUT2D eigenvalue weighted by Gasteiger charge is 2.27. The molecule has 19 heavy (non-hydrogen) atoms. The molecule has 2 aromatic rings. The number of aryl methyl sites for hydroxylation is 1. The van der Waals surface area contributed by atoms with Crippen LogP contribution in [0, 0.1) is 12.8 Å². The van der Waals surface area contributed by atoms with Gasteiger partial charge in [0, 0.05) is 23.7 Å². The van der Waals surface area contributed by atoms with Crippen molar-refractivity contribution in [3.05, 3.63) is 36.0 Å². The summed E-state index contributed by atoms with van der Waals surface area (Å²) in [6, 6.07) is 3.74. The molecule has 0 aliphatic heterocycles. The molecule has 0 spiro atoms. The van der Waals surface area contributed by atoms with Crippen LogP contribution in [-0.4, -0.2) is 26.0 Å². The zero-order valence-electron chi connectivity index (χ0n) is 11.2. The summed E-state index contributed by atoms with van der Waals surface area (Å²) in [7, 11) is 0. The molecule has 5 heteroatoms. The number of carbonyl (C=O) groups is 1. The summed E-state index contributed by atoms with van der Waals surface area (Å²) < 4.78 is 0. The Hall–Kier alpha value is -2.17. The van der Waals surface area contributed by atoms with Crippen LogP contribution in [-0.2, 0) is 4.79 Å². The Morgan fingerprint density at radius 2 is 2.16 bits per heavy atom. The lowest BCUT2D eigenvalue weighted by Gasteiger charge is -2.12. The van der Waals surface area contributed by atoms with Gasteiger partial charge in [-0.25, -0.2) is 4.98 Å². The maximum atomic E-state index is 11.3. The van der Waals surface area contributed by atoms with Crippen LogP contribution >= 0.6 is 0 Å². The van der Waals surface area contributed by atoms with Gasteiger partial charge in [-0.3, -0.25) is 9.78 Å². The zero-order chi connectivity index (χ0) is 14.0. The zero-order valence-corrected chi connectivity index (χ0v) is 11.2. The predicted octanol–water partition coefficient (Wildman–Crippen LogP) is 2.60. The first-order chi connectivity index (χ1) is 9.00. The summed E-state index contributed by atoms with van der Waals surface area (Å²) in [5.41, 5.74) is 2.50. The SMILES string of the molecule is Cc1[nH]c(C(C(=O)O)C(C)C)nc1-c1cccnc1. The van der Waals surface area contributed by atoms with Crippen molar-refractivity contribution in [2.45, 2.75) is 26.7 Å². The van der Waals surface area contributed by atoms with Crippen LogP contribution in [0.4, 0.5) is 0 Å². The van der Waals surface area contributed by atoms with Gasteiger partial charge in [-0.2, -0.15) is 0 Å². The Labute approximate surface area is 111 Å². The van der Waals surface area contributed by atoms with E-state index in [0.717, 1.165) is 17.0 Å². The molecule has 1 atom stereocenters. The summed E-state index contributed by atoms with van der Waals surface area (Å²) in [4.78, 5) is 22.9. The number of rotatable bonds is 4. The molecule has 0 aliphatic carbocycles. The van der Waals surface area contributed by atoms with E-state index in [0.29, 0.717) is 5.82 Å². The minimum absolute atomic E-state index is 0.0233. The van der Waals surface area contributed by atoms with Gasteiger partial charge < -0.3 is 10.1 Å². The van der Waals surface area contributed by atoms with Gasteiger partial charge in [0.25, 0.3) is 0 Å². The van der Waals surface area contributed by atoms with Crippen molar-refractivity contribution in [1.82, 2.24) is 15.0 Å². The smallest absolute Gasteiger partial charge is 0.314 e. The molecule has 2 N–H and O–H groups in total. The molecule has 0 amide bonds. The minimum atomic E-state index is -0.860. The van der Waals surface area contributed by atoms with Gasteiger partial charge >= 0.3 is 5.97 Å². The van der Waals surface area contributed by atoms with Gasteiger partial charge in [0.15, 0.2) is 0 Å². The van der Waals surface area contributed by atoms with Gasteiger partial charge in [-0.1, -0.05) is 13.8 Å². The van der Waals surface area contributed by atoms with E-state index in [1.54, 1.807) is 12.4 Å². The summed E-state index contributed by atoms with van der Waals surface area (Å²) in [5, 5.41) is 9.30. The number of imidazole rings is 1. The quantitative estimate of drug-likeness (QED) is 0.884. The first-order valence-electron chi connectivity index (χ1n) is 6.20. The standard InChI is InChI=1S/C14H17N3O2/c1-8(2)11(14(18)19)13-16-9(3)12(17-13)10-5-4-6-15-7-10/h4-8,11H,1-3H3,(H,16,17)(H,18,19). The molecule has 2 heterocycles. The molecule has 0 bridgehead atoms. The number of nitrogens with one attached hydrogen (secondary N) is 1. The van der Waals surface area contributed by atoms with E-state index in [2.05, 4.69) is 15.0 Å². The number of carboxylic acids is 1. The van der Waals surface area contributed by atoms with E-state index in [9.17, 15) is 9.90 Å². The molecule has 0 aromatic carbocycles. The van der Waals surface area contributed by atoms with Crippen molar-refractivity contribution in [3.63, 3.8) is 0 Å². The largest absolute Gasteiger partial charge is 0.481 e. The van der Waals surface area contributed by atoms with E-state index < -0.39 is 11.9 Å². The second-order valence-electron chi connectivity index (χ2n) is 4.90. The summed E-state index contributed by atoms with van der Waals surface area (Å²) in [5.74, 6) is -1.01. The molecule has 2 aromatic heterocycles. The number of aromatic nitrogens is 3. The van der Waals surface area contributed by atoms with Crippen molar-refractivity contribution in [3.8, 4) is 11.3 Å². The summed E-state index contributed by atoms with van der Waals surface area (Å²) >= 11 is 0. The number of nitrogens with zero attached hydrogens (tertiary/aromatic N) is 2. The fraction of sp³-hybridized carbons (Fsp3) is 0.357. The molecule has 0 aliphatic rings. The van der Waals surface area contributed by atoms with Crippen molar-refractivity contribution in [2.24, 2.45) is 5.92 Å². The van der Waals surface area contributed by atoms with Gasteiger partial charge in [0.1, 0.15) is 11.7 Å². The second-order valence-corrected chi connectivity index (χ2v) is 4.90. The van der Waals surface area contributed by atoms with E-state index >= 15 is 0 Å². The molecular weight excluding hydrogens is 242 g/mol. The van der Waals surface area contributed by atoms with Crippen LogP contribution in [0.1, 0.15) is 31.3 Å². The van der Waals surface area contributed by atoms with Crippen LogP contribution in [0.25, 0.3) is 11.3 Å². The highest BCUT2D eigenvalue weighted by molar-refractivity contribution is 5.76. The number of H-pyrrole nitrogens is 1. The van der Waals surface area contributed by atoms with Crippen molar-refractivity contribution >= 4 is 5.97 Å². The molecule has 5 nitrogen and oxygen atoms in total. The Morgan fingerprint density at radius 3 is 2.68 bits per heavy atom. The third kappa shape index (κ3) is 2.65. The molecule has 100 valence electrons. The van der Waals surface area contributed by atoms with E-state index in [1.807, 2.05) is 32.9 Å². The fourth-order valence-electron chi connectivity index (χ4n) is 2.13. The lowest BCUT2D eigenvalue weighted by molar-refractivity contribution is -0.140.